The Balaban J connectivity index is 1.87. The van der Waals surface area contributed by atoms with Gasteiger partial charge in [-0.3, -0.25) is 9.78 Å². The minimum atomic E-state index is -0.172. The number of amides is 1. The third kappa shape index (κ3) is 3.43. The largest absolute Gasteiger partial charge is 0.376 e. The number of carbonyl (C=O) groups is 1. The average molecular weight is 317 g/mol. The van der Waals surface area contributed by atoms with E-state index >= 15 is 0 Å². The Morgan fingerprint density at radius 3 is 2.38 bits per heavy atom. The van der Waals surface area contributed by atoms with E-state index in [2.05, 4.69) is 10.3 Å². The van der Waals surface area contributed by atoms with Gasteiger partial charge in [0.1, 0.15) is 0 Å². The number of nitrogens with zero attached hydrogens (tertiary/aromatic N) is 2. The average Bonchev–Trinajstić information content (AvgIpc) is 2.63. The predicted octanol–water partition coefficient (Wildman–Crippen LogP) is 4.07. The SMILES string of the molecule is CN(C)c1ccccc1NC(=O)c1cncc(-c2ccccc2)c1. The van der Waals surface area contributed by atoms with Crippen LogP contribution in [-0.4, -0.2) is 25.0 Å². The molecule has 4 nitrogen and oxygen atoms in total. The van der Waals surface area contributed by atoms with Crippen molar-refractivity contribution in [3.8, 4) is 11.1 Å². The van der Waals surface area contributed by atoms with Crippen LogP contribution >= 0.6 is 0 Å². The number of para-hydroxylation sites is 2. The molecule has 0 aliphatic carbocycles. The number of hydrogen-bond acceptors (Lipinski definition) is 3. The molecule has 24 heavy (non-hydrogen) atoms. The van der Waals surface area contributed by atoms with Crippen LogP contribution in [-0.2, 0) is 0 Å². The Morgan fingerprint density at radius 1 is 0.917 bits per heavy atom. The third-order valence-corrected chi connectivity index (χ3v) is 3.74. The second-order valence-electron chi connectivity index (χ2n) is 5.69. The van der Waals surface area contributed by atoms with Crippen molar-refractivity contribution in [3.63, 3.8) is 0 Å². The van der Waals surface area contributed by atoms with Crippen LogP contribution in [0.4, 0.5) is 11.4 Å². The molecular formula is C20H19N3O. The number of hydrogen-bond donors (Lipinski definition) is 1. The number of pyridine rings is 1. The summed E-state index contributed by atoms with van der Waals surface area (Å²) in [7, 11) is 3.89. The Bertz CT molecular complexity index is 844. The van der Waals surface area contributed by atoms with Crippen molar-refractivity contribution in [2.75, 3.05) is 24.3 Å². The van der Waals surface area contributed by atoms with Crippen LogP contribution in [0, 0.1) is 0 Å². The first-order valence-corrected chi connectivity index (χ1v) is 7.73. The number of benzene rings is 2. The molecule has 0 unspecified atom stereocenters. The normalized spacial score (nSPS) is 10.2. The highest BCUT2D eigenvalue weighted by Crippen LogP contribution is 2.25. The maximum Gasteiger partial charge on any atom is 0.257 e. The molecule has 0 radical (unpaired) electrons. The van der Waals surface area contributed by atoms with E-state index < -0.39 is 0 Å². The zero-order chi connectivity index (χ0) is 16.9. The molecule has 0 fully saturated rings. The first-order chi connectivity index (χ1) is 11.6. The zero-order valence-electron chi connectivity index (χ0n) is 13.7. The number of carbonyl (C=O) groups excluding carboxylic acids is 1. The van der Waals surface area contributed by atoms with Crippen LogP contribution in [0.3, 0.4) is 0 Å². The van der Waals surface area contributed by atoms with Crippen LogP contribution in [0.5, 0.6) is 0 Å². The Hall–Kier alpha value is -3.14. The maximum atomic E-state index is 12.6. The maximum absolute atomic E-state index is 12.6. The van der Waals surface area contributed by atoms with E-state index in [1.165, 1.54) is 0 Å². The second kappa shape index (κ2) is 6.96. The van der Waals surface area contributed by atoms with Gasteiger partial charge in [-0.2, -0.15) is 0 Å². The monoisotopic (exact) mass is 317 g/mol. The van der Waals surface area contributed by atoms with Gasteiger partial charge in [-0.05, 0) is 23.8 Å². The number of anilines is 2. The van der Waals surface area contributed by atoms with Crippen LogP contribution in [0.2, 0.25) is 0 Å². The van der Waals surface area contributed by atoms with Crippen molar-refractivity contribution in [1.82, 2.24) is 4.98 Å². The van der Waals surface area contributed by atoms with E-state index in [4.69, 9.17) is 0 Å². The van der Waals surface area contributed by atoms with E-state index in [1.54, 1.807) is 12.4 Å². The van der Waals surface area contributed by atoms with Crippen molar-refractivity contribution >= 4 is 17.3 Å². The van der Waals surface area contributed by atoms with Gasteiger partial charge >= 0.3 is 0 Å². The van der Waals surface area contributed by atoms with Crippen LogP contribution in [0.1, 0.15) is 10.4 Å². The molecular weight excluding hydrogens is 298 g/mol. The molecule has 0 aliphatic heterocycles. The van der Waals surface area contributed by atoms with Crippen LogP contribution < -0.4 is 10.2 Å². The van der Waals surface area contributed by atoms with Crippen molar-refractivity contribution < 1.29 is 4.79 Å². The summed E-state index contributed by atoms with van der Waals surface area (Å²) >= 11 is 0. The summed E-state index contributed by atoms with van der Waals surface area (Å²) in [6, 6.07) is 19.5. The van der Waals surface area contributed by atoms with Gasteiger partial charge < -0.3 is 10.2 Å². The fraction of sp³-hybridized carbons (Fsp3) is 0.100. The summed E-state index contributed by atoms with van der Waals surface area (Å²) in [5, 5.41) is 2.97. The summed E-state index contributed by atoms with van der Waals surface area (Å²) in [4.78, 5) is 18.8. The number of aromatic nitrogens is 1. The summed E-state index contributed by atoms with van der Waals surface area (Å²) < 4.78 is 0. The van der Waals surface area contributed by atoms with E-state index in [-0.39, 0.29) is 5.91 Å². The molecule has 0 saturated heterocycles. The van der Waals surface area contributed by atoms with E-state index in [1.807, 2.05) is 79.7 Å². The molecule has 0 saturated carbocycles. The highest BCUT2D eigenvalue weighted by atomic mass is 16.1. The zero-order valence-corrected chi connectivity index (χ0v) is 13.7. The smallest absolute Gasteiger partial charge is 0.257 e. The van der Waals surface area contributed by atoms with Gasteiger partial charge in [-0.15, -0.1) is 0 Å². The molecule has 0 bridgehead atoms. The molecule has 1 amide bonds. The lowest BCUT2D eigenvalue weighted by Gasteiger charge is -2.17. The summed E-state index contributed by atoms with van der Waals surface area (Å²) in [5.41, 5.74) is 4.22. The lowest BCUT2D eigenvalue weighted by Crippen LogP contribution is -2.16. The minimum absolute atomic E-state index is 0.172. The summed E-state index contributed by atoms with van der Waals surface area (Å²) in [6.07, 6.45) is 3.35. The summed E-state index contributed by atoms with van der Waals surface area (Å²) in [6.45, 7) is 0. The standard InChI is InChI=1S/C20H19N3O/c1-23(2)19-11-7-6-10-18(19)22-20(24)17-12-16(13-21-14-17)15-8-4-3-5-9-15/h3-14H,1-2H3,(H,22,24). The fourth-order valence-electron chi connectivity index (χ4n) is 2.52. The van der Waals surface area contributed by atoms with Gasteiger partial charge in [0.25, 0.3) is 5.91 Å². The van der Waals surface area contributed by atoms with Crippen molar-refractivity contribution in [3.05, 3.63) is 78.6 Å². The van der Waals surface area contributed by atoms with E-state index in [9.17, 15) is 4.79 Å². The third-order valence-electron chi connectivity index (χ3n) is 3.74. The highest BCUT2D eigenvalue weighted by molar-refractivity contribution is 6.06. The molecule has 0 spiro atoms. The van der Waals surface area contributed by atoms with Gasteiger partial charge in [0.2, 0.25) is 0 Å². The van der Waals surface area contributed by atoms with Gasteiger partial charge in [-0.1, -0.05) is 42.5 Å². The van der Waals surface area contributed by atoms with Gasteiger partial charge in [0.05, 0.1) is 16.9 Å². The number of nitrogens with one attached hydrogen (secondary N) is 1. The lowest BCUT2D eigenvalue weighted by molar-refractivity contribution is 0.102. The first kappa shape index (κ1) is 15.7. The van der Waals surface area contributed by atoms with Gasteiger partial charge in [-0.25, -0.2) is 0 Å². The minimum Gasteiger partial charge on any atom is -0.376 e. The second-order valence-corrected chi connectivity index (χ2v) is 5.69. The molecule has 1 N–H and O–H groups in total. The van der Waals surface area contributed by atoms with Gasteiger partial charge in [0, 0.05) is 32.1 Å². The Morgan fingerprint density at radius 2 is 1.62 bits per heavy atom. The van der Waals surface area contributed by atoms with Crippen molar-refractivity contribution in [1.29, 1.82) is 0 Å². The molecule has 2 aromatic carbocycles. The lowest BCUT2D eigenvalue weighted by atomic mass is 10.1. The Kier molecular flexibility index (Phi) is 4.57. The molecule has 3 rings (SSSR count). The fourth-order valence-corrected chi connectivity index (χ4v) is 2.52. The summed E-state index contributed by atoms with van der Waals surface area (Å²) in [5.74, 6) is -0.172. The predicted molar refractivity (Wildman–Crippen MR) is 98.4 cm³/mol. The highest BCUT2D eigenvalue weighted by Gasteiger charge is 2.11. The molecule has 1 aromatic heterocycles. The molecule has 3 aromatic rings. The van der Waals surface area contributed by atoms with E-state index in [0.717, 1.165) is 22.5 Å². The Labute approximate surface area is 141 Å². The molecule has 0 atom stereocenters. The first-order valence-electron chi connectivity index (χ1n) is 7.73. The molecule has 1 heterocycles. The quantitative estimate of drug-likeness (QED) is 0.789. The van der Waals surface area contributed by atoms with Crippen molar-refractivity contribution in [2.45, 2.75) is 0 Å². The van der Waals surface area contributed by atoms with Crippen LogP contribution in [0.25, 0.3) is 11.1 Å². The topological polar surface area (TPSA) is 45.2 Å². The van der Waals surface area contributed by atoms with Gasteiger partial charge in [0.15, 0.2) is 0 Å². The molecule has 0 aliphatic rings. The van der Waals surface area contributed by atoms with E-state index in [0.29, 0.717) is 5.56 Å². The number of rotatable bonds is 4. The van der Waals surface area contributed by atoms with Crippen molar-refractivity contribution in [2.24, 2.45) is 0 Å². The van der Waals surface area contributed by atoms with Crippen LogP contribution in [0.15, 0.2) is 73.1 Å². The molecule has 4 heteroatoms. The molecule has 120 valence electrons.